The largest absolute Gasteiger partial charge is 0.460 e. The van der Waals surface area contributed by atoms with E-state index < -0.39 is 76.5 Å². The monoisotopic (exact) mass is 492 g/mol. The summed E-state index contributed by atoms with van der Waals surface area (Å²) < 4.78 is 17.2. The van der Waals surface area contributed by atoms with Crippen LogP contribution >= 0.6 is 0 Å². The Balaban J connectivity index is 2.00. The number of fused-ring (bicyclic) bond motifs is 3. The Labute approximate surface area is 205 Å². The highest BCUT2D eigenvalue weighted by Crippen LogP contribution is 2.72. The number of Topliss-reactive ketones (excluding diaryl/α,β-unsaturated/α-hetero) is 1. The summed E-state index contributed by atoms with van der Waals surface area (Å²) in [7, 11) is 0. The van der Waals surface area contributed by atoms with Gasteiger partial charge in [0.15, 0.2) is 11.9 Å². The second-order valence-corrected chi connectivity index (χ2v) is 11.8. The minimum Gasteiger partial charge on any atom is -0.460 e. The van der Waals surface area contributed by atoms with Crippen LogP contribution in [0.25, 0.3) is 0 Å². The van der Waals surface area contributed by atoms with E-state index in [-0.39, 0.29) is 18.1 Å². The van der Waals surface area contributed by atoms with Gasteiger partial charge in [0.2, 0.25) is 0 Å². The van der Waals surface area contributed by atoms with Crippen LogP contribution < -0.4 is 0 Å². The van der Waals surface area contributed by atoms with Crippen LogP contribution in [0.3, 0.4) is 0 Å². The summed E-state index contributed by atoms with van der Waals surface area (Å²) in [6.07, 6.45) is -4.41. The Kier molecular flexibility index (Phi) is 6.00. The number of hydrogen-bond donors (Lipinski definition) is 2. The molecule has 2 N–H and O–H groups in total. The molecular weight excluding hydrogens is 456 g/mol. The van der Waals surface area contributed by atoms with Gasteiger partial charge in [-0.3, -0.25) is 19.2 Å². The first-order valence-electron chi connectivity index (χ1n) is 12.2. The zero-order chi connectivity index (χ0) is 26.2. The quantitative estimate of drug-likeness (QED) is 0.343. The summed E-state index contributed by atoms with van der Waals surface area (Å²) in [5.74, 6) is -3.72. The highest BCUT2D eigenvalue weighted by molar-refractivity contribution is 6.04. The van der Waals surface area contributed by atoms with Crippen molar-refractivity contribution in [2.75, 3.05) is 0 Å². The first-order valence-corrected chi connectivity index (χ1v) is 12.2. The van der Waals surface area contributed by atoms with Crippen LogP contribution in [0.1, 0.15) is 60.8 Å². The van der Waals surface area contributed by atoms with Gasteiger partial charge in [-0.1, -0.05) is 27.4 Å². The van der Waals surface area contributed by atoms with Crippen LogP contribution in [-0.2, 0) is 33.4 Å². The van der Waals surface area contributed by atoms with E-state index in [1.807, 2.05) is 6.92 Å². The molecule has 10 atom stereocenters. The summed E-state index contributed by atoms with van der Waals surface area (Å²) in [5.41, 5.74) is -2.92. The van der Waals surface area contributed by atoms with Gasteiger partial charge < -0.3 is 24.4 Å². The summed E-state index contributed by atoms with van der Waals surface area (Å²) in [6.45, 7) is 13.2. The molecule has 9 nitrogen and oxygen atoms in total. The molecule has 1 spiro atoms. The summed E-state index contributed by atoms with van der Waals surface area (Å²) in [6, 6.07) is 0. The van der Waals surface area contributed by atoms with Crippen molar-refractivity contribution in [3.05, 3.63) is 12.2 Å². The van der Waals surface area contributed by atoms with Gasteiger partial charge in [0.1, 0.15) is 12.2 Å². The van der Waals surface area contributed by atoms with E-state index in [1.165, 1.54) is 20.8 Å². The van der Waals surface area contributed by atoms with Crippen molar-refractivity contribution in [1.82, 2.24) is 0 Å². The highest BCUT2D eigenvalue weighted by atomic mass is 16.6. The zero-order valence-electron chi connectivity index (χ0n) is 21.2. The molecule has 4 rings (SSSR count). The third-order valence-corrected chi connectivity index (χ3v) is 9.28. The normalized spacial score (nSPS) is 45.7. The van der Waals surface area contributed by atoms with Crippen molar-refractivity contribution in [1.29, 1.82) is 0 Å². The van der Waals surface area contributed by atoms with E-state index in [2.05, 4.69) is 6.58 Å². The summed E-state index contributed by atoms with van der Waals surface area (Å²) in [5, 5.41) is 22.9. The first-order chi connectivity index (χ1) is 16.1. The van der Waals surface area contributed by atoms with Gasteiger partial charge in [-0.15, -0.1) is 0 Å². The van der Waals surface area contributed by atoms with Crippen LogP contribution in [0.15, 0.2) is 12.2 Å². The Morgan fingerprint density at radius 1 is 0.914 bits per heavy atom. The first kappa shape index (κ1) is 25.8. The average molecular weight is 493 g/mol. The summed E-state index contributed by atoms with van der Waals surface area (Å²) in [4.78, 5) is 50.5. The second-order valence-electron chi connectivity index (χ2n) is 11.8. The molecule has 0 aromatic heterocycles. The number of ketones is 1. The zero-order valence-corrected chi connectivity index (χ0v) is 21.2. The van der Waals surface area contributed by atoms with Gasteiger partial charge in [-0.05, 0) is 36.2 Å². The fourth-order valence-corrected chi connectivity index (χ4v) is 8.59. The smallest absolute Gasteiger partial charge is 0.303 e. The minimum absolute atomic E-state index is 0.139. The molecule has 4 fully saturated rings. The highest BCUT2D eigenvalue weighted by Gasteiger charge is 2.78. The predicted octanol–water partition coefficient (Wildman–Crippen LogP) is 1.72. The van der Waals surface area contributed by atoms with Crippen LogP contribution in [0.2, 0.25) is 0 Å². The Hall–Kier alpha value is -2.26. The number of rotatable bonds is 3. The van der Waals surface area contributed by atoms with Crippen molar-refractivity contribution >= 4 is 23.7 Å². The fourth-order valence-electron chi connectivity index (χ4n) is 8.59. The van der Waals surface area contributed by atoms with E-state index in [9.17, 15) is 29.4 Å². The lowest BCUT2D eigenvalue weighted by molar-refractivity contribution is -0.298. The molecule has 0 saturated heterocycles. The summed E-state index contributed by atoms with van der Waals surface area (Å²) >= 11 is 0. The lowest BCUT2D eigenvalue weighted by Gasteiger charge is -2.68. The van der Waals surface area contributed by atoms with Crippen LogP contribution in [0, 0.1) is 34.0 Å². The average Bonchev–Trinajstić information content (AvgIpc) is 2.89. The molecule has 4 aliphatic carbocycles. The lowest BCUT2D eigenvalue weighted by Crippen LogP contribution is -2.75. The van der Waals surface area contributed by atoms with E-state index in [4.69, 9.17) is 14.2 Å². The van der Waals surface area contributed by atoms with E-state index in [1.54, 1.807) is 13.8 Å². The molecule has 0 unspecified atom stereocenters. The number of hydrogen-bond acceptors (Lipinski definition) is 9. The molecular formula is C26H36O9. The second kappa shape index (κ2) is 8.13. The topological polar surface area (TPSA) is 136 Å². The maximum Gasteiger partial charge on any atom is 0.303 e. The van der Waals surface area contributed by atoms with Gasteiger partial charge in [0.25, 0.3) is 0 Å². The number of aliphatic hydroxyl groups excluding tert-OH is 2. The van der Waals surface area contributed by atoms with E-state index in [0.29, 0.717) is 18.4 Å². The number of ether oxygens (including phenoxy) is 3. The molecule has 9 heteroatoms. The van der Waals surface area contributed by atoms with Gasteiger partial charge in [-0.25, -0.2) is 0 Å². The maximum atomic E-state index is 13.9. The standard InChI is InChI=1S/C26H36O9/c1-11-15-8-16(30)19-25(7)10-17(33-12(2)27)22(32)24(5,6)20(25)18(34-13(3)28)23(35-14(4)29)26(19,9-15)21(11)31/h15-20,22-23,30,32H,1,8-10H2,2-7H3/t15-,16+,17+,18-,19+,20-,22+,23+,25-,26+/m1/s1. The number of carbonyl (C=O) groups excluding carboxylic acids is 4. The lowest BCUT2D eigenvalue weighted by atomic mass is 9.38. The molecule has 0 aliphatic heterocycles. The third kappa shape index (κ3) is 3.49. The molecule has 0 radical (unpaired) electrons. The third-order valence-electron chi connectivity index (χ3n) is 9.28. The molecule has 0 aromatic rings. The van der Waals surface area contributed by atoms with Crippen LogP contribution in [-0.4, -0.2) is 64.4 Å². The molecule has 2 bridgehead atoms. The van der Waals surface area contributed by atoms with Crippen LogP contribution in [0.4, 0.5) is 0 Å². The predicted molar refractivity (Wildman–Crippen MR) is 121 cm³/mol. The maximum absolute atomic E-state index is 13.9. The SMILES string of the molecule is C=C1C(=O)[C@]23C[C@H]1C[C@H](O)[C@H]2[C@@]1(C)C[C@H](OC(C)=O)[C@H](O)C(C)(C)[C@H]1[C@@H](OC(C)=O)[C@@H]3OC(C)=O. The van der Waals surface area contributed by atoms with Gasteiger partial charge in [0, 0.05) is 38.0 Å². The van der Waals surface area contributed by atoms with Crippen molar-refractivity contribution in [3.63, 3.8) is 0 Å². The Morgan fingerprint density at radius 3 is 2.03 bits per heavy atom. The molecule has 0 heterocycles. The van der Waals surface area contributed by atoms with Crippen molar-refractivity contribution in [2.45, 2.75) is 91.3 Å². The van der Waals surface area contributed by atoms with Crippen molar-refractivity contribution < 1.29 is 43.6 Å². The molecule has 0 aromatic carbocycles. The number of aliphatic hydroxyl groups is 2. The Morgan fingerprint density at radius 2 is 1.49 bits per heavy atom. The molecule has 194 valence electrons. The van der Waals surface area contributed by atoms with Crippen molar-refractivity contribution in [3.8, 4) is 0 Å². The van der Waals surface area contributed by atoms with Crippen LogP contribution in [0.5, 0.6) is 0 Å². The van der Waals surface area contributed by atoms with Crippen molar-refractivity contribution in [2.24, 2.45) is 34.0 Å². The number of allylic oxidation sites excluding steroid dienone is 1. The minimum atomic E-state index is -1.35. The molecule has 0 amide bonds. The molecule has 35 heavy (non-hydrogen) atoms. The van der Waals surface area contributed by atoms with Gasteiger partial charge >= 0.3 is 17.9 Å². The number of esters is 3. The Bertz CT molecular complexity index is 985. The molecule has 4 aliphatic rings. The van der Waals surface area contributed by atoms with E-state index in [0.717, 1.165) is 0 Å². The molecule has 4 saturated carbocycles. The van der Waals surface area contributed by atoms with Gasteiger partial charge in [0.05, 0.1) is 17.6 Å². The fraction of sp³-hybridized carbons (Fsp3) is 0.769. The number of carbonyl (C=O) groups is 4. The van der Waals surface area contributed by atoms with E-state index >= 15 is 0 Å². The van der Waals surface area contributed by atoms with Gasteiger partial charge in [-0.2, -0.15) is 0 Å².